The molecule has 3 rings (SSSR count). The van der Waals surface area contributed by atoms with Gasteiger partial charge in [-0.1, -0.05) is 6.07 Å². The highest BCUT2D eigenvalue weighted by Gasteiger charge is 2.11. The van der Waals surface area contributed by atoms with Gasteiger partial charge in [0.2, 0.25) is 0 Å². The predicted octanol–water partition coefficient (Wildman–Crippen LogP) is 1.52. The summed E-state index contributed by atoms with van der Waals surface area (Å²) in [4.78, 5) is 28.4. The minimum atomic E-state index is -0.460. The van der Waals surface area contributed by atoms with E-state index in [-0.39, 0.29) is 23.6 Å². The summed E-state index contributed by atoms with van der Waals surface area (Å²) in [6.07, 6.45) is 2.81. The first-order valence-electron chi connectivity index (χ1n) is 7.72. The number of hydrogen-bond donors (Lipinski definition) is 1. The molecule has 3 aromatic rings. The lowest BCUT2D eigenvalue weighted by molar-refractivity contribution is 0.0948. The minimum absolute atomic E-state index is 0.214. The molecule has 2 aromatic heterocycles. The van der Waals surface area contributed by atoms with Crippen LogP contribution in [0.3, 0.4) is 0 Å². The summed E-state index contributed by atoms with van der Waals surface area (Å²) in [7, 11) is 0. The number of carbonyl (C=O) groups excluding carboxylic acids is 1. The van der Waals surface area contributed by atoms with Crippen LogP contribution in [-0.2, 0) is 13.1 Å². The Morgan fingerprint density at radius 2 is 2.12 bits per heavy atom. The van der Waals surface area contributed by atoms with Gasteiger partial charge in [0.25, 0.3) is 11.5 Å². The van der Waals surface area contributed by atoms with E-state index in [9.17, 15) is 14.0 Å². The van der Waals surface area contributed by atoms with Gasteiger partial charge in [0, 0.05) is 18.8 Å². The highest BCUT2D eigenvalue weighted by atomic mass is 19.1. The first kappa shape index (κ1) is 16.6. The zero-order valence-corrected chi connectivity index (χ0v) is 13.5. The molecule has 0 spiro atoms. The standard InChI is InChI=1S/C17H16FN5O2/c1-2-23-15(20-11-21-23)9-19-17(25)12-6-7-16(24)22(10-12)14-5-3-4-13(18)8-14/h3-8,10-11H,2,9H2,1H3,(H,19,25). The largest absolute Gasteiger partial charge is 0.345 e. The quantitative estimate of drug-likeness (QED) is 0.763. The summed E-state index contributed by atoms with van der Waals surface area (Å²) in [5.41, 5.74) is 0.282. The van der Waals surface area contributed by atoms with Crippen molar-refractivity contribution in [1.29, 1.82) is 0 Å². The van der Waals surface area contributed by atoms with Gasteiger partial charge in [0.05, 0.1) is 17.8 Å². The minimum Gasteiger partial charge on any atom is -0.345 e. The summed E-state index contributed by atoms with van der Waals surface area (Å²) in [6, 6.07) is 8.31. The smallest absolute Gasteiger partial charge is 0.255 e. The van der Waals surface area contributed by atoms with Gasteiger partial charge in [-0.3, -0.25) is 14.2 Å². The average molecular weight is 341 g/mol. The molecule has 0 bridgehead atoms. The zero-order chi connectivity index (χ0) is 17.8. The summed E-state index contributed by atoms with van der Waals surface area (Å²) >= 11 is 0. The van der Waals surface area contributed by atoms with E-state index >= 15 is 0 Å². The predicted molar refractivity (Wildman–Crippen MR) is 88.9 cm³/mol. The number of carbonyl (C=O) groups is 1. The molecule has 1 aromatic carbocycles. The number of nitrogens with one attached hydrogen (secondary N) is 1. The average Bonchev–Trinajstić information content (AvgIpc) is 3.07. The van der Waals surface area contributed by atoms with Crippen molar-refractivity contribution in [2.45, 2.75) is 20.0 Å². The Morgan fingerprint density at radius 1 is 1.28 bits per heavy atom. The van der Waals surface area contributed by atoms with Gasteiger partial charge in [0.1, 0.15) is 18.0 Å². The first-order valence-corrected chi connectivity index (χ1v) is 7.72. The van der Waals surface area contributed by atoms with Crippen LogP contribution in [0.25, 0.3) is 5.69 Å². The zero-order valence-electron chi connectivity index (χ0n) is 13.5. The van der Waals surface area contributed by atoms with E-state index in [1.807, 2.05) is 6.92 Å². The fourth-order valence-electron chi connectivity index (χ4n) is 2.40. The number of aromatic nitrogens is 4. The van der Waals surface area contributed by atoms with Crippen molar-refractivity contribution in [3.63, 3.8) is 0 Å². The Bertz CT molecular complexity index is 963. The third-order valence-corrected chi connectivity index (χ3v) is 3.66. The van der Waals surface area contributed by atoms with Crippen LogP contribution in [0.5, 0.6) is 0 Å². The van der Waals surface area contributed by atoms with Crippen molar-refractivity contribution in [3.05, 3.63) is 76.5 Å². The van der Waals surface area contributed by atoms with E-state index in [0.29, 0.717) is 18.1 Å². The SMILES string of the molecule is CCn1ncnc1CNC(=O)c1ccc(=O)n(-c2cccc(F)c2)c1. The van der Waals surface area contributed by atoms with Gasteiger partial charge >= 0.3 is 0 Å². The lowest BCUT2D eigenvalue weighted by Crippen LogP contribution is -2.27. The second-order valence-corrected chi connectivity index (χ2v) is 5.28. The number of benzene rings is 1. The van der Waals surface area contributed by atoms with Crippen LogP contribution in [0.1, 0.15) is 23.1 Å². The Labute approximate surface area is 142 Å². The molecular weight excluding hydrogens is 325 g/mol. The molecular formula is C17H16FN5O2. The van der Waals surface area contributed by atoms with Crippen molar-refractivity contribution >= 4 is 5.91 Å². The molecule has 0 unspecified atom stereocenters. The maximum absolute atomic E-state index is 13.4. The molecule has 0 saturated heterocycles. The second-order valence-electron chi connectivity index (χ2n) is 5.28. The highest BCUT2D eigenvalue weighted by Crippen LogP contribution is 2.09. The third kappa shape index (κ3) is 3.63. The summed E-state index contributed by atoms with van der Waals surface area (Å²) in [5.74, 6) is -0.191. The van der Waals surface area contributed by atoms with Gasteiger partial charge in [-0.05, 0) is 31.2 Å². The van der Waals surface area contributed by atoms with Crippen molar-refractivity contribution in [2.24, 2.45) is 0 Å². The lowest BCUT2D eigenvalue weighted by atomic mass is 10.2. The van der Waals surface area contributed by atoms with Gasteiger partial charge in [0.15, 0.2) is 0 Å². The lowest BCUT2D eigenvalue weighted by Gasteiger charge is -2.09. The summed E-state index contributed by atoms with van der Waals surface area (Å²) in [6.45, 7) is 2.79. The molecule has 0 fully saturated rings. The molecule has 8 heteroatoms. The Hall–Kier alpha value is -3.29. The molecule has 0 aliphatic heterocycles. The molecule has 25 heavy (non-hydrogen) atoms. The van der Waals surface area contributed by atoms with Crippen molar-refractivity contribution in [2.75, 3.05) is 0 Å². The molecule has 0 radical (unpaired) electrons. The van der Waals surface area contributed by atoms with Crippen LogP contribution in [0.15, 0.2) is 53.7 Å². The van der Waals surface area contributed by atoms with Crippen LogP contribution in [0, 0.1) is 5.82 Å². The molecule has 1 N–H and O–H groups in total. The van der Waals surface area contributed by atoms with Crippen molar-refractivity contribution in [3.8, 4) is 5.69 Å². The van der Waals surface area contributed by atoms with Crippen molar-refractivity contribution in [1.82, 2.24) is 24.6 Å². The Kier molecular flexibility index (Phi) is 4.69. The number of halogens is 1. The van der Waals surface area contributed by atoms with Gasteiger partial charge in [-0.2, -0.15) is 5.10 Å². The van der Waals surface area contributed by atoms with Gasteiger partial charge in [-0.25, -0.2) is 14.1 Å². The molecule has 128 valence electrons. The Balaban J connectivity index is 1.82. The number of rotatable bonds is 5. The maximum Gasteiger partial charge on any atom is 0.255 e. The van der Waals surface area contributed by atoms with E-state index in [0.717, 1.165) is 0 Å². The van der Waals surface area contributed by atoms with Crippen molar-refractivity contribution < 1.29 is 9.18 Å². The van der Waals surface area contributed by atoms with Crippen LogP contribution in [0.2, 0.25) is 0 Å². The van der Waals surface area contributed by atoms with Crippen LogP contribution < -0.4 is 10.9 Å². The number of nitrogens with zero attached hydrogens (tertiary/aromatic N) is 4. The first-order chi connectivity index (χ1) is 12.1. The summed E-state index contributed by atoms with van der Waals surface area (Å²) in [5, 5.41) is 6.77. The van der Waals surface area contributed by atoms with E-state index in [1.165, 1.54) is 47.4 Å². The normalized spacial score (nSPS) is 10.6. The van der Waals surface area contributed by atoms with Gasteiger partial charge in [-0.15, -0.1) is 0 Å². The van der Waals surface area contributed by atoms with Crippen LogP contribution >= 0.6 is 0 Å². The van der Waals surface area contributed by atoms with Crippen LogP contribution in [-0.4, -0.2) is 25.2 Å². The molecule has 0 aliphatic rings. The Morgan fingerprint density at radius 3 is 2.88 bits per heavy atom. The van der Waals surface area contributed by atoms with E-state index in [1.54, 1.807) is 10.7 Å². The number of aryl methyl sites for hydroxylation is 1. The maximum atomic E-state index is 13.4. The summed E-state index contributed by atoms with van der Waals surface area (Å²) < 4.78 is 16.3. The van der Waals surface area contributed by atoms with Gasteiger partial charge < -0.3 is 5.32 Å². The molecule has 1 amide bonds. The molecule has 0 saturated carbocycles. The molecule has 0 atom stereocenters. The number of hydrogen-bond acceptors (Lipinski definition) is 4. The fraction of sp³-hybridized carbons (Fsp3) is 0.176. The molecule has 7 nitrogen and oxygen atoms in total. The molecule has 2 heterocycles. The number of amides is 1. The third-order valence-electron chi connectivity index (χ3n) is 3.66. The highest BCUT2D eigenvalue weighted by molar-refractivity contribution is 5.93. The monoisotopic (exact) mass is 341 g/mol. The van der Waals surface area contributed by atoms with E-state index < -0.39 is 5.82 Å². The molecule has 0 aliphatic carbocycles. The van der Waals surface area contributed by atoms with E-state index in [4.69, 9.17) is 0 Å². The number of pyridine rings is 1. The fourth-order valence-corrected chi connectivity index (χ4v) is 2.40. The second kappa shape index (κ2) is 7.08. The van der Waals surface area contributed by atoms with E-state index in [2.05, 4.69) is 15.4 Å². The van der Waals surface area contributed by atoms with Crippen LogP contribution in [0.4, 0.5) is 4.39 Å². The topological polar surface area (TPSA) is 81.8 Å².